The van der Waals surface area contributed by atoms with E-state index in [0.29, 0.717) is 5.11 Å². The second kappa shape index (κ2) is 8.95. The summed E-state index contributed by atoms with van der Waals surface area (Å²) in [6.45, 7) is 6.59. The molecule has 0 radical (unpaired) electrons. The Hall–Kier alpha value is -3.64. The molecular weight excluding hydrogens is 440 g/mol. The predicted octanol–water partition coefficient (Wildman–Crippen LogP) is 5.98. The van der Waals surface area contributed by atoms with Crippen LogP contribution in [0.2, 0.25) is 0 Å². The standard InChI is InChI=1S/C28H28N4OS/c1-18-19(2)31(21-11-6-5-7-12-21)20(3)25(18)27-26(24-15-8-9-16-29-24)30-28(34)32(27)22-13-10-14-23(17-22)33-4/h5-17,26-27H,1-4H3,(H,30,34)/t26-,27-/m1/s1. The second-order valence-electron chi connectivity index (χ2n) is 8.58. The minimum atomic E-state index is -0.0941. The summed E-state index contributed by atoms with van der Waals surface area (Å²) in [4.78, 5) is 6.91. The molecule has 1 aliphatic heterocycles. The second-order valence-corrected chi connectivity index (χ2v) is 8.97. The van der Waals surface area contributed by atoms with Crippen molar-refractivity contribution in [1.29, 1.82) is 0 Å². The van der Waals surface area contributed by atoms with Crippen LogP contribution in [0.3, 0.4) is 0 Å². The van der Waals surface area contributed by atoms with Gasteiger partial charge in [0.2, 0.25) is 0 Å². The minimum absolute atomic E-state index is 0.0711. The molecule has 2 atom stereocenters. The Morgan fingerprint density at radius 3 is 2.32 bits per heavy atom. The number of para-hydroxylation sites is 1. The van der Waals surface area contributed by atoms with E-state index in [1.165, 1.54) is 22.5 Å². The summed E-state index contributed by atoms with van der Waals surface area (Å²) in [5.41, 5.74) is 8.04. The molecule has 1 fully saturated rings. The van der Waals surface area contributed by atoms with Crippen LogP contribution in [0.4, 0.5) is 5.69 Å². The highest BCUT2D eigenvalue weighted by Gasteiger charge is 2.43. The van der Waals surface area contributed by atoms with Crippen molar-refractivity contribution in [3.8, 4) is 11.4 Å². The zero-order chi connectivity index (χ0) is 23.8. The van der Waals surface area contributed by atoms with Gasteiger partial charge in [-0.05, 0) is 75.0 Å². The van der Waals surface area contributed by atoms with Gasteiger partial charge in [0.05, 0.1) is 24.9 Å². The van der Waals surface area contributed by atoms with E-state index in [9.17, 15) is 0 Å². The molecule has 1 N–H and O–H groups in total. The molecule has 0 saturated carbocycles. The number of ether oxygens (including phenoxy) is 1. The van der Waals surface area contributed by atoms with Gasteiger partial charge < -0.3 is 19.5 Å². The third kappa shape index (κ3) is 3.64. The maximum Gasteiger partial charge on any atom is 0.174 e. The fourth-order valence-electron chi connectivity index (χ4n) is 5.09. The minimum Gasteiger partial charge on any atom is -0.497 e. The van der Waals surface area contributed by atoms with Crippen LogP contribution in [0.1, 0.15) is 40.3 Å². The molecule has 0 spiro atoms. The molecule has 172 valence electrons. The molecule has 2 aromatic heterocycles. The summed E-state index contributed by atoms with van der Waals surface area (Å²) in [5.74, 6) is 0.798. The van der Waals surface area contributed by atoms with Gasteiger partial charge in [0.15, 0.2) is 5.11 Å². The first-order valence-electron chi connectivity index (χ1n) is 11.4. The van der Waals surface area contributed by atoms with Crippen LogP contribution in [0.5, 0.6) is 5.75 Å². The maximum atomic E-state index is 5.92. The van der Waals surface area contributed by atoms with Crippen LogP contribution in [0.25, 0.3) is 5.69 Å². The summed E-state index contributed by atoms with van der Waals surface area (Å²) in [6, 6.07) is 24.4. The molecule has 4 aromatic rings. The van der Waals surface area contributed by atoms with Crippen LogP contribution in [0.15, 0.2) is 79.0 Å². The Balaban J connectivity index is 1.73. The summed E-state index contributed by atoms with van der Waals surface area (Å²) in [7, 11) is 1.69. The molecule has 1 saturated heterocycles. The highest BCUT2D eigenvalue weighted by atomic mass is 32.1. The lowest BCUT2D eigenvalue weighted by Gasteiger charge is -2.29. The Labute approximate surface area is 206 Å². The highest BCUT2D eigenvalue weighted by molar-refractivity contribution is 7.80. The summed E-state index contributed by atoms with van der Waals surface area (Å²) >= 11 is 5.92. The van der Waals surface area contributed by atoms with Gasteiger partial charge in [-0.3, -0.25) is 4.98 Å². The number of rotatable bonds is 5. The Morgan fingerprint density at radius 1 is 0.882 bits per heavy atom. The van der Waals surface area contributed by atoms with E-state index in [0.717, 1.165) is 22.8 Å². The third-order valence-corrected chi connectivity index (χ3v) is 7.06. The largest absolute Gasteiger partial charge is 0.497 e. The van der Waals surface area contributed by atoms with Gasteiger partial charge in [-0.2, -0.15) is 0 Å². The first-order chi connectivity index (χ1) is 16.5. The lowest BCUT2D eigenvalue weighted by atomic mass is 9.93. The summed E-state index contributed by atoms with van der Waals surface area (Å²) in [5, 5.41) is 4.25. The highest BCUT2D eigenvalue weighted by Crippen LogP contribution is 2.45. The fraction of sp³-hybridized carbons (Fsp3) is 0.214. The summed E-state index contributed by atoms with van der Waals surface area (Å²) < 4.78 is 7.86. The van der Waals surface area contributed by atoms with Crippen LogP contribution in [-0.2, 0) is 0 Å². The van der Waals surface area contributed by atoms with E-state index < -0.39 is 0 Å². The van der Waals surface area contributed by atoms with E-state index in [2.05, 4.69) is 72.0 Å². The van der Waals surface area contributed by atoms with E-state index in [1.54, 1.807) is 7.11 Å². The molecule has 3 heterocycles. The van der Waals surface area contributed by atoms with Crippen LogP contribution < -0.4 is 15.0 Å². The molecule has 5 nitrogen and oxygen atoms in total. The molecule has 1 aliphatic rings. The van der Waals surface area contributed by atoms with Crippen molar-refractivity contribution in [2.75, 3.05) is 12.0 Å². The number of nitrogens with zero attached hydrogens (tertiary/aromatic N) is 3. The van der Waals surface area contributed by atoms with Crippen LogP contribution >= 0.6 is 12.2 Å². The quantitative estimate of drug-likeness (QED) is 0.365. The van der Waals surface area contributed by atoms with Gasteiger partial charge in [-0.1, -0.05) is 30.3 Å². The summed E-state index contributed by atoms with van der Waals surface area (Å²) in [6.07, 6.45) is 1.84. The Morgan fingerprint density at radius 2 is 1.62 bits per heavy atom. The average Bonchev–Trinajstić information content (AvgIpc) is 3.32. The molecule has 0 unspecified atom stereocenters. The van der Waals surface area contributed by atoms with Gasteiger partial charge in [-0.25, -0.2) is 0 Å². The fourth-order valence-corrected chi connectivity index (χ4v) is 5.44. The molecule has 0 aliphatic carbocycles. The molecule has 34 heavy (non-hydrogen) atoms. The lowest BCUT2D eigenvalue weighted by molar-refractivity contribution is 0.415. The SMILES string of the molecule is COc1cccc(N2C(=S)N[C@H](c3ccccn3)[C@H]2c2c(C)c(C)n(-c3ccccc3)c2C)c1. The van der Waals surface area contributed by atoms with Crippen LogP contribution in [0, 0.1) is 20.8 Å². The van der Waals surface area contributed by atoms with Gasteiger partial charge >= 0.3 is 0 Å². The topological polar surface area (TPSA) is 42.3 Å². The average molecular weight is 469 g/mol. The number of aromatic nitrogens is 2. The molecule has 5 rings (SSSR count). The van der Waals surface area contributed by atoms with Crippen molar-refractivity contribution < 1.29 is 4.74 Å². The third-order valence-electron chi connectivity index (χ3n) is 6.75. The number of methoxy groups -OCH3 is 1. The van der Waals surface area contributed by atoms with Crippen molar-refractivity contribution in [3.05, 3.63) is 107 Å². The number of thiocarbonyl (C=S) groups is 1. The first-order valence-corrected chi connectivity index (χ1v) is 11.8. The van der Waals surface area contributed by atoms with Gasteiger partial charge in [0, 0.05) is 40.6 Å². The molecular formula is C28H28N4OS. The van der Waals surface area contributed by atoms with E-state index >= 15 is 0 Å². The number of hydrogen-bond donors (Lipinski definition) is 1. The molecule has 0 bridgehead atoms. The van der Waals surface area contributed by atoms with Crippen molar-refractivity contribution in [2.45, 2.75) is 32.9 Å². The normalized spacial score (nSPS) is 17.6. The van der Waals surface area contributed by atoms with Crippen molar-refractivity contribution in [2.24, 2.45) is 0 Å². The maximum absolute atomic E-state index is 5.92. The van der Waals surface area contributed by atoms with E-state index in [1.807, 2.05) is 42.6 Å². The van der Waals surface area contributed by atoms with Gasteiger partial charge in [-0.15, -0.1) is 0 Å². The zero-order valence-corrected chi connectivity index (χ0v) is 20.6. The lowest BCUT2D eigenvalue weighted by Crippen LogP contribution is -2.29. The smallest absolute Gasteiger partial charge is 0.174 e. The first kappa shape index (κ1) is 22.2. The van der Waals surface area contributed by atoms with E-state index in [-0.39, 0.29) is 12.1 Å². The molecule has 6 heteroatoms. The Bertz CT molecular complexity index is 1330. The number of benzene rings is 2. The number of pyridine rings is 1. The van der Waals surface area contributed by atoms with Crippen molar-refractivity contribution in [1.82, 2.24) is 14.9 Å². The number of anilines is 1. The van der Waals surface area contributed by atoms with Gasteiger partial charge in [0.1, 0.15) is 5.75 Å². The number of hydrogen-bond acceptors (Lipinski definition) is 3. The van der Waals surface area contributed by atoms with Crippen LogP contribution in [-0.4, -0.2) is 21.8 Å². The van der Waals surface area contributed by atoms with Gasteiger partial charge in [0.25, 0.3) is 0 Å². The zero-order valence-electron chi connectivity index (χ0n) is 19.8. The van der Waals surface area contributed by atoms with Crippen molar-refractivity contribution in [3.63, 3.8) is 0 Å². The molecule has 0 amide bonds. The Kier molecular flexibility index (Phi) is 5.84. The monoisotopic (exact) mass is 468 g/mol. The predicted molar refractivity (Wildman–Crippen MR) is 141 cm³/mol. The van der Waals surface area contributed by atoms with Crippen molar-refractivity contribution >= 4 is 23.0 Å². The molecule has 2 aromatic carbocycles. The number of nitrogens with one attached hydrogen (secondary N) is 1. The van der Waals surface area contributed by atoms with E-state index in [4.69, 9.17) is 21.9 Å².